The second-order valence-electron chi connectivity index (χ2n) is 6.84. The number of hydrogen-bond acceptors (Lipinski definition) is 4. The quantitative estimate of drug-likeness (QED) is 0.446. The number of carbonyl (C=O) groups is 1. The van der Waals surface area contributed by atoms with Gasteiger partial charge in [0, 0.05) is 31.1 Å². The number of ether oxygens (including phenoxy) is 2. The molecule has 23 heavy (non-hydrogen) atoms. The van der Waals surface area contributed by atoms with Gasteiger partial charge in [-0.15, -0.1) is 0 Å². The first-order valence-corrected chi connectivity index (χ1v) is 8.68. The summed E-state index contributed by atoms with van der Waals surface area (Å²) in [7, 11) is 0. The first kappa shape index (κ1) is 16.5. The van der Waals surface area contributed by atoms with Gasteiger partial charge < -0.3 is 9.47 Å². The van der Waals surface area contributed by atoms with Gasteiger partial charge in [0.2, 0.25) is 0 Å². The molecule has 0 aromatic rings. The van der Waals surface area contributed by atoms with Crippen molar-refractivity contribution in [2.45, 2.75) is 38.7 Å². The van der Waals surface area contributed by atoms with Crippen LogP contribution in [0.1, 0.15) is 32.6 Å². The zero-order chi connectivity index (χ0) is 16.2. The maximum Gasteiger partial charge on any atom is 0.334 e. The summed E-state index contributed by atoms with van der Waals surface area (Å²) in [6.45, 7) is 10.8. The summed E-state index contributed by atoms with van der Waals surface area (Å²) in [5, 5.41) is 0. The van der Waals surface area contributed by atoms with Crippen molar-refractivity contribution in [3.05, 3.63) is 35.5 Å². The molecule has 0 unspecified atom stereocenters. The minimum atomic E-state index is -0.220. The molecule has 2 aliphatic heterocycles. The van der Waals surface area contributed by atoms with Crippen molar-refractivity contribution in [1.82, 2.24) is 4.90 Å². The Balaban J connectivity index is 1.70. The Labute approximate surface area is 138 Å². The number of morpholine rings is 1. The molecule has 0 amide bonds. The molecule has 0 aromatic carbocycles. The Morgan fingerprint density at radius 1 is 1.30 bits per heavy atom. The molecule has 2 saturated heterocycles. The van der Waals surface area contributed by atoms with Crippen LogP contribution in [0.4, 0.5) is 0 Å². The highest BCUT2D eigenvalue weighted by molar-refractivity contribution is 5.91. The van der Waals surface area contributed by atoms with Crippen molar-refractivity contribution in [3.8, 4) is 0 Å². The van der Waals surface area contributed by atoms with Crippen molar-refractivity contribution < 1.29 is 14.3 Å². The minimum Gasteiger partial charge on any atom is -0.454 e. The summed E-state index contributed by atoms with van der Waals surface area (Å²) in [5.41, 5.74) is 3.42. The predicted octanol–water partition coefficient (Wildman–Crippen LogP) is 2.86. The third-order valence-electron chi connectivity index (χ3n) is 5.08. The molecule has 4 heteroatoms. The van der Waals surface area contributed by atoms with Crippen LogP contribution in [0.25, 0.3) is 0 Å². The SMILES string of the molecule is C=C1C(=O)O[C@H]2C=C(C)CC/C=C(/CN3CCOCC3)CC[C@H]12. The molecular formula is C19H27NO3. The van der Waals surface area contributed by atoms with E-state index in [-0.39, 0.29) is 18.0 Å². The van der Waals surface area contributed by atoms with Gasteiger partial charge in [-0.05, 0) is 38.7 Å². The predicted molar refractivity (Wildman–Crippen MR) is 90.1 cm³/mol. The standard InChI is InChI=1S/C19H27NO3/c1-14-4-3-5-16(13-20-8-10-22-11-9-20)6-7-17-15(2)19(21)23-18(17)12-14/h5,12,17-18H,2-4,6-11,13H2,1H3/b14-12?,16-5+/t17-,18+/m1/s1. The lowest BCUT2D eigenvalue weighted by Gasteiger charge is -2.28. The van der Waals surface area contributed by atoms with Crippen molar-refractivity contribution in [2.75, 3.05) is 32.8 Å². The van der Waals surface area contributed by atoms with Crippen LogP contribution in [-0.4, -0.2) is 49.8 Å². The van der Waals surface area contributed by atoms with Gasteiger partial charge in [0.15, 0.2) is 0 Å². The molecule has 2 fully saturated rings. The van der Waals surface area contributed by atoms with Crippen LogP contribution in [0.15, 0.2) is 35.5 Å². The van der Waals surface area contributed by atoms with Crippen LogP contribution < -0.4 is 0 Å². The molecule has 126 valence electrons. The summed E-state index contributed by atoms with van der Waals surface area (Å²) >= 11 is 0. The molecule has 0 radical (unpaired) electrons. The van der Waals surface area contributed by atoms with Gasteiger partial charge >= 0.3 is 5.97 Å². The lowest BCUT2D eigenvalue weighted by molar-refractivity contribution is -0.137. The van der Waals surface area contributed by atoms with Crippen LogP contribution >= 0.6 is 0 Å². The van der Waals surface area contributed by atoms with Gasteiger partial charge in [0.25, 0.3) is 0 Å². The van der Waals surface area contributed by atoms with E-state index < -0.39 is 0 Å². The average Bonchev–Trinajstić information content (AvgIpc) is 2.80. The summed E-state index contributed by atoms with van der Waals surface area (Å²) < 4.78 is 10.9. The lowest BCUT2D eigenvalue weighted by Crippen LogP contribution is -2.37. The highest BCUT2D eigenvalue weighted by Gasteiger charge is 2.37. The smallest absolute Gasteiger partial charge is 0.334 e. The maximum absolute atomic E-state index is 11.9. The number of allylic oxidation sites excluding steroid dienone is 2. The molecular weight excluding hydrogens is 290 g/mol. The van der Waals surface area contributed by atoms with Gasteiger partial charge in [0.05, 0.1) is 13.2 Å². The molecule has 1 aliphatic carbocycles. The second kappa shape index (κ2) is 7.45. The third kappa shape index (κ3) is 4.12. The second-order valence-corrected chi connectivity index (χ2v) is 6.84. The van der Waals surface area contributed by atoms with Gasteiger partial charge in [-0.2, -0.15) is 0 Å². The molecule has 0 spiro atoms. The van der Waals surface area contributed by atoms with Crippen molar-refractivity contribution in [1.29, 1.82) is 0 Å². The van der Waals surface area contributed by atoms with E-state index in [2.05, 4.69) is 30.6 Å². The van der Waals surface area contributed by atoms with E-state index in [9.17, 15) is 4.79 Å². The number of hydrogen-bond donors (Lipinski definition) is 0. The van der Waals surface area contributed by atoms with E-state index in [1.807, 2.05) is 0 Å². The normalized spacial score (nSPS) is 32.6. The van der Waals surface area contributed by atoms with E-state index in [0.717, 1.165) is 58.5 Å². The number of fused-ring (bicyclic) bond motifs is 1. The molecule has 4 nitrogen and oxygen atoms in total. The molecule has 3 rings (SSSR count). The Morgan fingerprint density at radius 2 is 2.09 bits per heavy atom. The number of rotatable bonds is 2. The molecule has 0 bridgehead atoms. The van der Waals surface area contributed by atoms with Crippen LogP contribution in [0.5, 0.6) is 0 Å². The van der Waals surface area contributed by atoms with Crippen LogP contribution in [0, 0.1) is 5.92 Å². The zero-order valence-electron chi connectivity index (χ0n) is 14.1. The Kier molecular flexibility index (Phi) is 5.34. The maximum atomic E-state index is 11.9. The van der Waals surface area contributed by atoms with Crippen molar-refractivity contribution in [2.24, 2.45) is 5.92 Å². The van der Waals surface area contributed by atoms with Crippen LogP contribution in [0.3, 0.4) is 0 Å². The fourth-order valence-corrected chi connectivity index (χ4v) is 3.62. The minimum absolute atomic E-state index is 0.113. The van der Waals surface area contributed by atoms with Gasteiger partial charge in [0.1, 0.15) is 6.10 Å². The third-order valence-corrected chi connectivity index (χ3v) is 5.08. The number of esters is 1. The van der Waals surface area contributed by atoms with Crippen molar-refractivity contribution >= 4 is 5.97 Å². The first-order valence-electron chi connectivity index (χ1n) is 8.68. The molecule has 0 saturated carbocycles. The Bertz CT molecular complexity index is 529. The molecule has 3 aliphatic rings. The molecule has 0 aromatic heterocycles. The number of nitrogens with zero attached hydrogens (tertiary/aromatic N) is 1. The number of carbonyl (C=O) groups excluding carboxylic acids is 1. The lowest BCUT2D eigenvalue weighted by atomic mass is 9.87. The molecule has 2 heterocycles. The summed E-state index contributed by atoms with van der Waals surface area (Å²) in [6.07, 6.45) is 8.46. The van der Waals surface area contributed by atoms with Crippen LogP contribution in [-0.2, 0) is 14.3 Å². The topological polar surface area (TPSA) is 38.8 Å². The summed E-state index contributed by atoms with van der Waals surface area (Å²) in [5.74, 6) is -0.0920. The van der Waals surface area contributed by atoms with E-state index in [1.165, 1.54) is 11.1 Å². The molecule has 0 N–H and O–H groups in total. The fraction of sp³-hybridized carbons (Fsp3) is 0.632. The fourth-order valence-electron chi connectivity index (χ4n) is 3.62. The summed E-state index contributed by atoms with van der Waals surface area (Å²) in [4.78, 5) is 14.3. The van der Waals surface area contributed by atoms with Crippen molar-refractivity contribution in [3.63, 3.8) is 0 Å². The van der Waals surface area contributed by atoms with Gasteiger partial charge in [-0.25, -0.2) is 4.79 Å². The Hall–Kier alpha value is -1.39. The van der Waals surface area contributed by atoms with E-state index in [4.69, 9.17) is 9.47 Å². The summed E-state index contributed by atoms with van der Waals surface area (Å²) in [6, 6.07) is 0. The average molecular weight is 317 g/mol. The first-order chi connectivity index (χ1) is 11.1. The van der Waals surface area contributed by atoms with Crippen LogP contribution in [0.2, 0.25) is 0 Å². The zero-order valence-corrected chi connectivity index (χ0v) is 14.1. The van der Waals surface area contributed by atoms with E-state index >= 15 is 0 Å². The monoisotopic (exact) mass is 317 g/mol. The highest BCUT2D eigenvalue weighted by Crippen LogP contribution is 2.34. The van der Waals surface area contributed by atoms with Gasteiger partial charge in [-0.3, -0.25) is 4.90 Å². The largest absolute Gasteiger partial charge is 0.454 e. The van der Waals surface area contributed by atoms with E-state index in [1.54, 1.807) is 0 Å². The molecule has 2 atom stereocenters. The van der Waals surface area contributed by atoms with E-state index in [0.29, 0.717) is 5.57 Å². The highest BCUT2D eigenvalue weighted by atomic mass is 16.5. The van der Waals surface area contributed by atoms with Gasteiger partial charge in [-0.1, -0.05) is 23.8 Å². The Morgan fingerprint density at radius 3 is 2.87 bits per heavy atom.